The Morgan fingerprint density at radius 2 is 1.72 bits per heavy atom. The van der Waals surface area contributed by atoms with Gasteiger partial charge in [-0.3, -0.25) is 0 Å². The van der Waals surface area contributed by atoms with Crippen LogP contribution >= 0.6 is 0 Å². The first-order chi connectivity index (χ1) is 8.74. The fraction of sp³-hybridized carbons (Fsp3) is 0.667. The number of hydrogen-bond acceptors (Lipinski definition) is 2. The molecule has 0 fully saturated rings. The van der Waals surface area contributed by atoms with Crippen LogP contribution in [0.1, 0.15) is 62.5 Å². The molecule has 0 unspecified atom stereocenters. The molecule has 0 amide bonds. The number of aryl methyl sites for hydroxylation is 3. The first-order valence-corrected chi connectivity index (χ1v) is 7.17. The Morgan fingerprint density at radius 1 is 1.00 bits per heavy atom. The third kappa shape index (κ3) is 2.77. The second-order valence-electron chi connectivity index (χ2n) is 5.23. The molecule has 0 aliphatic heterocycles. The fourth-order valence-electron chi connectivity index (χ4n) is 2.61. The molecule has 0 saturated carbocycles. The van der Waals surface area contributed by atoms with Gasteiger partial charge >= 0.3 is 0 Å². The highest BCUT2D eigenvalue weighted by Crippen LogP contribution is 2.26. The topological polar surface area (TPSA) is 41.8 Å². The van der Waals surface area contributed by atoms with Crippen LogP contribution in [0.4, 0.5) is 0 Å². The molecule has 0 saturated heterocycles. The third-order valence-corrected chi connectivity index (χ3v) is 3.62. The number of hydrogen-bond donors (Lipinski definition) is 1. The van der Waals surface area contributed by atoms with Crippen LogP contribution in [0.5, 0.6) is 0 Å². The molecule has 100 valence electrons. The van der Waals surface area contributed by atoms with Gasteiger partial charge in [0.15, 0.2) is 5.58 Å². The lowest BCUT2D eigenvalue weighted by molar-refractivity contribution is 0.441. The highest BCUT2D eigenvalue weighted by Gasteiger charge is 2.14. The van der Waals surface area contributed by atoms with Crippen LogP contribution in [0, 0.1) is 13.8 Å². The molecule has 0 aliphatic carbocycles. The van der Waals surface area contributed by atoms with Crippen molar-refractivity contribution >= 4 is 11.0 Å². The van der Waals surface area contributed by atoms with Gasteiger partial charge < -0.3 is 9.51 Å². The molecule has 2 aromatic heterocycles. The average molecular weight is 248 g/mol. The summed E-state index contributed by atoms with van der Waals surface area (Å²) in [5, 5.41) is 5.43. The van der Waals surface area contributed by atoms with Crippen LogP contribution in [0.2, 0.25) is 0 Å². The van der Waals surface area contributed by atoms with E-state index in [1.54, 1.807) is 0 Å². The van der Waals surface area contributed by atoms with Crippen molar-refractivity contribution < 1.29 is 4.52 Å². The van der Waals surface area contributed by atoms with Crippen LogP contribution in [0.3, 0.4) is 0 Å². The Labute approximate surface area is 109 Å². The van der Waals surface area contributed by atoms with E-state index in [9.17, 15) is 0 Å². The molecule has 0 spiro atoms. The summed E-state index contributed by atoms with van der Waals surface area (Å²) in [6.45, 7) is 6.38. The molecule has 2 aromatic rings. The lowest BCUT2D eigenvalue weighted by atomic mass is 10.1. The molecule has 0 bridgehead atoms. The molecule has 3 nitrogen and oxygen atoms in total. The molecular formula is C15H24N2O. The highest BCUT2D eigenvalue weighted by molar-refractivity contribution is 5.84. The summed E-state index contributed by atoms with van der Waals surface area (Å²) in [4.78, 5) is 3.32. The predicted octanol–water partition coefficient (Wildman–Crippen LogP) is 4.68. The largest absolute Gasteiger partial charge is 0.359 e. The molecule has 2 heterocycles. The highest BCUT2D eigenvalue weighted by atomic mass is 16.5. The van der Waals surface area contributed by atoms with Gasteiger partial charge in [-0.05, 0) is 26.7 Å². The summed E-state index contributed by atoms with van der Waals surface area (Å²) in [7, 11) is 0. The van der Waals surface area contributed by atoms with Crippen LogP contribution in [-0.2, 0) is 6.42 Å². The van der Waals surface area contributed by atoms with Gasteiger partial charge in [-0.1, -0.05) is 44.2 Å². The molecule has 18 heavy (non-hydrogen) atoms. The summed E-state index contributed by atoms with van der Waals surface area (Å²) >= 11 is 0. The first kappa shape index (κ1) is 13.2. The number of fused-ring (bicyclic) bond motifs is 1. The Balaban J connectivity index is 1.88. The van der Waals surface area contributed by atoms with E-state index in [4.69, 9.17) is 4.52 Å². The van der Waals surface area contributed by atoms with Crippen molar-refractivity contribution in [2.75, 3.05) is 0 Å². The number of rotatable bonds is 7. The number of unbranched alkanes of at least 4 members (excludes halogenated alkanes) is 5. The van der Waals surface area contributed by atoms with Gasteiger partial charge in [0.2, 0.25) is 0 Å². The second-order valence-corrected chi connectivity index (χ2v) is 5.23. The van der Waals surface area contributed by atoms with E-state index in [2.05, 4.69) is 24.0 Å². The number of aromatic amines is 1. The Morgan fingerprint density at radius 3 is 2.50 bits per heavy atom. The van der Waals surface area contributed by atoms with Crippen molar-refractivity contribution in [1.29, 1.82) is 0 Å². The average Bonchev–Trinajstić information content (AvgIpc) is 2.88. The minimum absolute atomic E-state index is 0.938. The Kier molecular flexibility index (Phi) is 4.45. The summed E-state index contributed by atoms with van der Waals surface area (Å²) < 4.78 is 5.41. The second kappa shape index (κ2) is 6.07. The SMILES string of the molecule is CCCCCCCCc1noc2c(C)[nH]c(C)c12. The van der Waals surface area contributed by atoms with Gasteiger partial charge in [0.05, 0.1) is 16.8 Å². The maximum Gasteiger partial charge on any atom is 0.187 e. The van der Waals surface area contributed by atoms with Gasteiger partial charge in [0.25, 0.3) is 0 Å². The molecule has 0 aromatic carbocycles. The van der Waals surface area contributed by atoms with Gasteiger partial charge in [-0.15, -0.1) is 0 Å². The molecule has 2 rings (SSSR count). The van der Waals surface area contributed by atoms with Crippen molar-refractivity contribution in [3.63, 3.8) is 0 Å². The lowest BCUT2D eigenvalue weighted by Crippen LogP contribution is -1.88. The maximum absolute atomic E-state index is 5.41. The zero-order valence-corrected chi connectivity index (χ0v) is 11.8. The number of nitrogens with zero attached hydrogens (tertiary/aromatic N) is 1. The Bertz CT molecular complexity index is 496. The first-order valence-electron chi connectivity index (χ1n) is 7.17. The summed E-state index contributed by atoms with van der Waals surface area (Å²) in [5.41, 5.74) is 4.34. The number of H-pyrrole nitrogens is 1. The summed E-state index contributed by atoms with van der Waals surface area (Å²) in [6.07, 6.45) is 8.95. The van der Waals surface area contributed by atoms with E-state index < -0.39 is 0 Å². The molecule has 3 heteroatoms. The van der Waals surface area contributed by atoms with E-state index in [1.165, 1.54) is 49.6 Å². The minimum atomic E-state index is 0.938. The molecule has 0 radical (unpaired) electrons. The lowest BCUT2D eigenvalue weighted by Gasteiger charge is -1.99. The Hall–Kier alpha value is -1.25. The van der Waals surface area contributed by atoms with Gasteiger partial charge in [0.1, 0.15) is 0 Å². The zero-order chi connectivity index (χ0) is 13.0. The van der Waals surface area contributed by atoms with Crippen LogP contribution in [0.25, 0.3) is 11.0 Å². The molecular weight excluding hydrogens is 224 g/mol. The minimum Gasteiger partial charge on any atom is -0.359 e. The molecule has 0 aliphatic rings. The van der Waals surface area contributed by atoms with Crippen LogP contribution in [0.15, 0.2) is 4.52 Å². The van der Waals surface area contributed by atoms with E-state index in [0.717, 1.165) is 23.4 Å². The number of aromatic nitrogens is 2. The maximum atomic E-state index is 5.41. The summed E-state index contributed by atoms with van der Waals surface area (Å²) in [5.74, 6) is 0. The number of nitrogens with one attached hydrogen (secondary N) is 1. The van der Waals surface area contributed by atoms with Gasteiger partial charge in [0, 0.05) is 5.69 Å². The van der Waals surface area contributed by atoms with E-state index in [1.807, 2.05) is 6.92 Å². The van der Waals surface area contributed by atoms with Gasteiger partial charge in [-0.25, -0.2) is 0 Å². The van der Waals surface area contributed by atoms with Crippen molar-refractivity contribution in [2.24, 2.45) is 0 Å². The van der Waals surface area contributed by atoms with E-state index >= 15 is 0 Å². The zero-order valence-electron chi connectivity index (χ0n) is 11.8. The predicted molar refractivity (Wildman–Crippen MR) is 74.9 cm³/mol. The smallest absolute Gasteiger partial charge is 0.187 e. The van der Waals surface area contributed by atoms with Crippen molar-refractivity contribution in [3.05, 3.63) is 17.1 Å². The van der Waals surface area contributed by atoms with Crippen molar-refractivity contribution in [1.82, 2.24) is 10.1 Å². The van der Waals surface area contributed by atoms with Crippen LogP contribution in [-0.4, -0.2) is 10.1 Å². The third-order valence-electron chi connectivity index (χ3n) is 3.62. The molecule has 1 N–H and O–H groups in total. The van der Waals surface area contributed by atoms with Crippen molar-refractivity contribution in [3.8, 4) is 0 Å². The van der Waals surface area contributed by atoms with Crippen molar-refractivity contribution in [2.45, 2.75) is 65.7 Å². The van der Waals surface area contributed by atoms with E-state index in [0.29, 0.717) is 0 Å². The van der Waals surface area contributed by atoms with Gasteiger partial charge in [-0.2, -0.15) is 0 Å². The quantitative estimate of drug-likeness (QED) is 0.723. The summed E-state index contributed by atoms with van der Waals surface area (Å²) in [6, 6.07) is 0. The standard InChI is InChI=1S/C15H24N2O/c1-4-5-6-7-8-9-10-13-14-11(2)16-12(3)15(14)18-17-13/h16H,4-10H2,1-3H3. The monoisotopic (exact) mass is 248 g/mol. The van der Waals surface area contributed by atoms with E-state index in [-0.39, 0.29) is 0 Å². The van der Waals surface area contributed by atoms with Crippen LogP contribution < -0.4 is 0 Å². The normalized spacial score (nSPS) is 11.5. The molecule has 0 atom stereocenters. The fourth-order valence-corrected chi connectivity index (χ4v) is 2.61.